The highest BCUT2D eigenvalue weighted by molar-refractivity contribution is 14.1. The lowest BCUT2D eigenvalue weighted by Crippen LogP contribution is -2.29. The van der Waals surface area contributed by atoms with E-state index in [4.69, 9.17) is 0 Å². The molecule has 0 aliphatic carbocycles. The number of rotatable bonds is 3. The number of anilines is 1. The zero-order chi connectivity index (χ0) is 16.6. The monoisotopic (exact) mass is 422 g/mol. The normalized spacial score (nSPS) is 17.6. The molecule has 1 atom stereocenters. The van der Waals surface area contributed by atoms with E-state index >= 15 is 0 Å². The zero-order valence-corrected chi connectivity index (χ0v) is 14.0. The van der Waals surface area contributed by atoms with Crippen LogP contribution in [0.4, 0.5) is 11.4 Å². The zero-order valence-electron chi connectivity index (χ0n) is 11.8. The largest absolute Gasteiger partial charge is 0.274 e. The fraction of sp³-hybridized carbons (Fsp3) is 0.125. The van der Waals surface area contributed by atoms with Gasteiger partial charge in [-0.15, -0.1) is 0 Å². The van der Waals surface area contributed by atoms with Crippen molar-refractivity contribution in [1.82, 2.24) is 0 Å². The summed E-state index contributed by atoms with van der Waals surface area (Å²) in [5.41, 5.74) is 1.12. The van der Waals surface area contributed by atoms with E-state index < -0.39 is 10.8 Å². The summed E-state index contributed by atoms with van der Waals surface area (Å²) >= 11 is 2.15. The summed E-state index contributed by atoms with van der Waals surface area (Å²) < 4.78 is 1.01. The quantitative estimate of drug-likeness (QED) is 0.329. The molecule has 7 heteroatoms. The Bertz CT molecular complexity index is 787. The number of carbonyl (C=O) groups is 2. The Morgan fingerprint density at radius 3 is 2.22 bits per heavy atom. The molecular weight excluding hydrogens is 411 g/mol. The Morgan fingerprint density at radius 2 is 1.65 bits per heavy atom. The van der Waals surface area contributed by atoms with Gasteiger partial charge >= 0.3 is 0 Å². The molecule has 116 valence electrons. The number of carbonyl (C=O) groups excluding carboxylic acids is 2. The number of non-ortho nitro benzene ring substituents is 1. The number of benzene rings is 2. The molecular formula is C16H11IN2O4. The maximum atomic E-state index is 12.6. The first kappa shape index (κ1) is 15.6. The van der Waals surface area contributed by atoms with Crippen LogP contribution in [0, 0.1) is 13.7 Å². The predicted molar refractivity (Wildman–Crippen MR) is 92.1 cm³/mol. The Balaban J connectivity index is 1.88. The minimum atomic E-state index is -0.595. The van der Waals surface area contributed by atoms with Gasteiger partial charge in [-0.05, 0) is 52.4 Å². The second kappa shape index (κ2) is 6.07. The van der Waals surface area contributed by atoms with Crippen LogP contribution in [0.3, 0.4) is 0 Å². The van der Waals surface area contributed by atoms with E-state index in [0.717, 1.165) is 3.57 Å². The van der Waals surface area contributed by atoms with Crippen LogP contribution in [0.5, 0.6) is 0 Å². The smallest absolute Gasteiger partial charge is 0.269 e. The fourth-order valence-electron chi connectivity index (χ4n) is 2.58. The molecule has 23 heavy (non-hydrogen) atoms. The average Bonchev–Trinajstić information content (AvgIpc) is 2.83. The van der Waals surface area contributed by atoms with Crippen molar-refractivity contribution in [3.63, 3.8) is 0 Å². The molecule has 0 N–H and O–H groups in total. The molecule has 6 nitrogen and oxygen atoms in total. The molecule has 1 aliphatic heterocycles. The van der Waals surface area contributed by atoms with Gasteiger partial charge in [0.2, 0.25) is 11.8 Å². The molecule has 2 aromatic rings. The molecule has 2 aromatic carbocycles. The van der Waals surface area contributed by atoms with E-state index in [1.807, 2.05) is 12.1 Å². The van der Waals surface area contributed by atoms with Gasteiger partial charge in [-0.1, -0.05) is 12.1 Å². The Kier molecular flexibility index (Phi) is 4.12. The Labute approximate surface area is 145 Å². The summed E-state index contributed by atoms with van der Waals surface area (Å²) in [6.07, 6.45) is 0.0721. The van der Waals surface area contributed by atoms with Crippen molar-refractivity contribution in [1.29, 1.82) is 0 Å². The van der Waals surface area contributed by atoms with Gasteiger partial charge in [-0.25, -0.2) is 0 Å². The molecule has 0 aromatic heterocycles. The Morgan fingerprint density at radius 1 is 1.04 bits per heavy atom. The molecule has 1 saturated heterocycles. The van der Waals surface area contributed by atoms with E-state index in [-0.39, 0.29) is 23.9 Å². The van der Waals surface area contributed by atoms with Crippen LogP contribution in [0.25, 0.3) is 0 Å². The Hall–Kier alpha value is -2.29. The SMILES string of the molecule is O=C1CC(c2ccc([N+](=O)[O-])cc2)C(=O)N1c1ccc(I)cc1. The number of imide groups is 1. The van der Waals surface area contributed by atoms with E-state index in [0.29, 0.717) is 11.3 Å². The van der Waals surface area contributed by atoms with Gasteiger partial charge < -0.3 is 0 Å². The first-order chi connectivity index (χ1) is 11.0. The minimum Gasteiger partial charge on any atom is -0.274 e. The third-order valence-electron chi connectivity index (χ3n) is 3.74. The van der Waals surface area contributed by atoms with E-state index in [9.17, 15) is 19.7 Å². The molecule has 1 aliphatic rings. The van der Waals surface area contributed by atoms with Crippen molar-refractivity contribution in [2.45, 2.75) is 12.3 Å². The number of halogens is 1. The number of hydrogen-bond acceptors (Lipinski definition) is 4. The third-order valence-corrected chi connectivity index (χ3v) is 4.46. The molecule has 1 unspecified atom stereocenters. The summed E-state index contributed by atoms with van der Waals surface area (Å²) in [6, 6.07) is 12.9. The molecule has 1 fully saturated rings. The van der Waals surface area contributed by atoms with Crippen LogP contribution < -0.4 is 4.90 Å². The lowest BCUT2D eigenvalue weighted by molar-refractivity contribution is -0.384. The average molecular weight is 422 g/mol. The first-order valence-corrected chi connectivity index (χ1v) is 7.92. The predicted octanol–water partition coefficient (Wildman–Crippen LogP) is 3.25. The lowest BCUT2D eigenvalue weighted by Gasteiger charge is -2.15. The van der Waals surface area contributed by atoms with Crippen molar-refractivity contribution < 1.29 is 14.5 Å². The van der Waals surface area contributed by atoms with Crippen molar-refractivity contribution >= 4 is 45.8 Å². The van der Waals surface area contributed by atoms with Gasteiger partial charge in [0.25, 0.3) is 5.69 Å². The topological polar surface area (TPSA) is 80.5 Å². The molecule has 2 amide bonds. The number of nitro groups is 1. The van der Waals surface area contributed by atoms with Crippen molar-refractivity contribution in [3.05, 3.63) is 67.8 Å². The summed E-state index contributed by atoms with van der Waals surface area (Å²) in [7, 11) is 0. The summed E-state index contributed by atoms with van der Waals surface area (Å²) in [6.45, 7) is 0. The summed E-state index contributed by atoms with van der Waals surface area (Å²) in [4.78, 5) is 36.2. The molecule has 3 rings (SSSR count). The molecule has 0 saturated carbocycles. The van der Waals surface area contributed by atoms with Crippen LogP contribution in [-0.4, -0.2) is 16.7 Å². The first-order valence-electron chi connectivity index (χ1n) is 6.84. The van der Waals surface area contributed by atoms with Crippen molar-refractivity contribution in [2.75, 3.05) is 4.90 Å². The van der Waals surface area contributed by atoms with Crippen molar-refractivity contribution in [2.24, 2.45) is 0 Å². The standard InChI is InChI=1S/C16H11IN2O4/c17-11-3-7-12(8-4-11)18-15(20)9-14(16(18)21)10-1-5-13(6-2-10)19(22)23/h1-8,14H,9H2. The number of amides is 2. The fourth-order valence-corrected chi connectivity index (χ4v) is 2.94. The highest BCUT2D eigenvalue weighted by atomic mass is 127. The van der Waals surface area contributed by atoms with Gasteiger partial charge in [0.05, 0.1) is 16.5 Å². The van der Waals surface area contributed by atoms with Gasteiger partial charge in [0, 0.05) is 22.1 Å². The van der Waals surface area contributed by atoms with Crippen LogP contribution in [-0.2, 0) is 9.59 Å². The lowest BCUT2D eigenvalue weighted by atomic mass is 9.97. The number of nitro benzene ring substituents is 1. The highest BCUT2D eigenvalue weighted by Gasteiger charge is 2.40. The summed E-state index contributed by atoms with van der Waals surface area (Å²) in [5, 5.41) is 10.7. The van der Waals surface area contributed by atoms with Crippen LogP contribution in [0.2, 0.25) is 0 Å². The molecule has 1 heterocycles. The van der Waals surface area contributed by atoms with Crippen LogP contribution in [0.1, 0.15) is 17.9 Å². The minimum absolute atomic E-state index is 0.0417. The van der Waals surface area contributed by atoms with Gasteiger partial charge in [-0.2, -0.15) is 0 Å². The maximum Gasteiger partial charge on any atom is 0.269 e. The van der Waals surface area contributed by atoms with Gasteiger partial charge in [0.15, 0.2) is 0 Å². The second-order valence-corrected chi connectivity index (χ2v) is 6.39. The highest BCUT2D eigenvalue weighted by Crippen LogP contribution is 2.33. The number of hydrogen-bond donors (Lipinski definition) is 0. The maximum absolute atomic E-state index is 12.6. The molecule has 0 radical (unpaired) electrons. The van der Waals surface area contributed by atoms with Crippen LogP contribution >= 0.6 is 22.6 Å². The van der Waals surface area contributed by atoms with Gasteiger partial charge in [0.1, 0.15) is 0 Å². The van der Waals surface area contributed by atoms with Crippen LogP contribution in [0.15, 0.2) is 48.5 Å². The van der Waals surface area contributed by atoms with E-state index in [1.165, 1.54) is 29.2 Å². The molecule has 0 bridgehead atoms. The third kappa shape index (κ3) is 2.96. The number of nitrogens with zero attached hydrogens (tertiary/aromatic N) is 2. The van der Waals surface area contributed by atoms with Gasteiger partial charge in [-0.3, -0.25) is 24.6 Å². The summed E-state index contributed by atoms with van der Waals surface area (Å²) in [5.74, 6) is -1.16. The van der Waals surface area contributed by atoms with Crippen molar-refractivity contribution in [3.8, 4) is 0 Å². The van der Waals surface area contributed by atoms with E-state index in [2.05, 4.69) is 22.6 Å². The second-order valence-electron chi connectivity index (χ2n) is 5.15. The van der Waals surface area contributed by atoms with E-state index in [1.54, 1.807) is 12.1 Å². The molecule has 0 spiro atoms.